The molecule has 0 aliphatic carbocycles. The van der Waals surface area contributed by atoms with Gasteiger partial charge in [-0.3, -0.25) is 0 Å². The maximum Gasteiger partial charge on any atom is 0.221 e. The second-order valence-corrected chi connectivity index (χ2v) is 6.26. The van der Waals surface area contributed by atoms with Gasteiger partial charge in [0.2, 0.25) is 5.88 Å². The number of hydrogen-bond donors (Lipinski definition) is 1. The number of benzene rings is 1. The molecule has 0 amide bonds. The molecule has 0 radical (unpaired) electrons. The van der Waals surface area contributed by atoms with Gasteiger partial charge in [-0.2, -0.15) is 4.98 Å². The molecule has 1 aromatic heterocycles. The molecule has 1 N–H and O–H groups in total. The summed E-state index contributed by atoms with van der Waals surface area (Å²) in [6, 6.07) is 10.6. The van der Waals surface area contributed by atoms with Gasteiger partial charge in [0.25, 0.3) is 0 Å². The molecular formula is C15H16Cl2N2O. The van der Waals surface area contributed by atoms with E-state index in [2.05, 4.69) is 31.1 Å². The minimum Gasteiger partial charge on any atom is -0.437 e. The van der Waals surface area contributed by atoms with Crippen molar-refractivity contribution in [2.45, 2.75) is 26.3 Å². The third-order valence-electron chi connectivity index (χ3n) is 2.33. The first-order valence-electron chi connectivity index (χ1n) is 6.22. The van der Waals surface area contributed by atoms with Crippen molar-refractivity contribution in [2.24, 2.45) is 0 Å². The van der Waals surface area contributed by atoms with Crippen molar-refractivity contribution in [1.82, 2.24) is 4.98 Å². The van der Waals surface area contributed by atoms with E-state index >= 15 is 0 Å². The van der Waals surface area contributed by atoms with E-state index in [0.29, 0.717) is 21.7 Å². The average molecular weight is 311 g/mol. The zero-order valence-electron chi connectivity index (χ0n) is 11.6. The van der Waals surface area contributed by atoms with Gasteiger partial charge in [-0.05, 0) is 39.0 Å². The number of nitrogens with zero attached hydrogens (tertiary/aromatic N) is 1. The molecule has 106 valence electrons. The number of pyridine rings is 1. The van der Waals surface area contributed by atoms with Crippen molar-refractivity contribution in [3.8, 4) is 11.6 Å². The maximum absolute atomic E-state index is 6.07. The van der Waals surface area contributed by atoms with Crippen molar-refractivity contribution in [3.63, 3.8) is 0 Å². The van der Waals surface area contributed by atoms with Crippen LogP contribution in [-0.2, 0) is 0 Å². The Bertz CT molecular complexity index is 609. The van der Waals surface area contributed by atoms with E-state index in [4.69, 9.17) is 27.9 Å². The highest BCUT2D eigenvalue weighted by atomic mass is 35.5. The molecule has 0 aliphatic heterocycles. The lowest BCUT2D eigenvalue weighted by Crippen LogP contribution is -2.26. The van der Waals surface area contributed by atoms with E-state index in [1.807, 2.05) is 12.1 Å². The highest BCUT2D eigenvalue weighted by molar-refractivity contribution is 6.34. The Hall–Kier alpha value is -1.45. The lowest BCUT2D eigenvalue weighted by Gasteiger charge is -2.21. The third kappa shape index (κ3) is 4.29. The lowest BCUT2D eigenvalue weighted by atomic mass is 10.1. The Morgan fingerprint density at radius 3 is 2.55 bits per heavy atom. The van der Waals surface area contributed by atoms with E-state index in [1.165, 1.54) is 0 Å². The summed E-state index contributed by atoms with van der Waals surface area (Å²) in [5.74, 6) is 1.69. The summed E-state index contributed by atoms with van der Waals surface area (Å²) < 4.78 is 5.68. The van der Waals surface area contributed by atoms with Crippen LogP contribution in [0, 0.1) is 0 Å². The van der Waals surface area contributed by atoms with Crippen molar-refractivity contribution in [2.75, 3.05) is 5.32 Å². The molecule has 0 atom stereocenters. The molecule has 1 heterocycles. The summed E-state index contributed by atoms with van der Waals surface area (Å²) in [6.45, 7) is 6.20. The van der Waals surface area contributed by atoms with Gasteiger partial charge in [-0.25, -0.2) is 0 Å². The zero-order chi connectivity index (χ0) is 14.8. The quantitative estimate of drug-likeness (QED) is 0.825. The number of hydrogen-bond acceptors (Lipinski definition) is 3. The first-order chi connectivity index (χ1) is 9.33. The monoisotopic (exact) mass is 310 g/mol. The van der Waals surface area contributed by atoms with Crippen LogP contribution < -0.4 is 10.1 Å². The summed E-state index contributed by atoms with van der Waals surface area (Å²) >= 11 is 12.0. The molecule has 0 saturated heterocycles. The fraction of sp³-hybridized carbons (Fsp3) is 0.267. The second kappa shape index (κ2) is 5.90. The van der Waals surface area contributed by atoms with Crippen LogP contribution in [0.1, 0.15) is 20.8 Å². The SMILES string of the molecule is CC(C)(C)Nc1cccc(Oc2cc(Cl)ccc2Cl)n1. The molecule has 3 nitrogen and oxygen atoms in total. The second-order valence-electron chi connectivity index (χ2n) is 5.41. The van der Waals surface area contributed by atoms with Crippen LogP contribution in [0.15, 0.2) is 36.4 Å². The predicted octanol–water partition coefficient (Wildman–Crippen LogP) is 5.39. The Balaban J connectivity index is 2.21. The van der Waals surface area contributed by atoms with Crippen LogP contribution in [0.25, 0.3) is 0 Å². The summed E-state index contributed by atoms with van der Waals surface area (Å²) in [5.41, 5.74) is -0.0701. The van der Waals surface area contributed by atoms with Crippen LogP contribution in [0.3, 0.4) is 0 Å². The first-order valence-corrected chi connectivity index (χ1v) is 6.97. The molecule has 0 bridgehead atoms. The number of halogens is 2. The number of nitrogens with one attached hydrogen (secondary N) is 1. The van der Waals surface area contributed by atoms with Crippen LogP contribution in [-0.4, -0.2) is 10.5 Å². The van der Waals surface area contributed by atoms with E-state index in [1.54, 1.807) is 24.3 Å². The summed E-state index contributed by atoms with van der Waals surface area (Å²) in [6.07, 6.45) is 0. The number of anilines is 1. The molecule has 1 aromatic carbocycles. The number of aromatic nitrogens is 1. The predicted molar refractivity (Wildman–Crippen MR) is 84.1 cm³/mol. The lowest BCUT2D eigenvalue weighted by molar-refractivity contribution is 0.463. The summed E-state index contributed by atoms with van der Waals surface area (Å²) in [7, 11) is 0. The van der Waals surface area contributed by atoms with E-state index < -0.39 is 0 Å². The van der Waals surface area contributed by atoms with Crippen molar-refractivity contribution >= 4 is 29.0 Å². The largest absolute Gasteiger partial charge is 0.437 e. The molecule has 2 aromatic rings. The maximum atomic E-state index is 6.07. The third-order valence-corrected chi connectivity index (χ3v) is 2.88. The minimum atomic E-state index is -0.0701. The van der Waals surface area contributed by atoms with Gasteiger partial charge in [0.05, 0.1) is 5.02 Å². The van der Waals surface area contributed by atoms with Gasteiger partial charge >= 0.3 is 0 Å². The minimum absolute atomic E-state index is 0.0701. The summed E-state index contributed by atoms with van der Waals surface area (Å²) in [4.78, 5) is 4.39. The van der Waals surface area contributed by atoms with E-state index in [0.717, 1.165) is 5.82 Å². The summed E-state index contributed by atoms with van der Waals surface area (Å²) in [5, 5.41) is 4.34. The standard InChI is InChI=1S/C15H16Cl2N2O/c1-15(2,3)19-13-5-4-6-14(18-13)20-12-9-10(16)7-8-11(12)17/h4-9H,1-3H3,(H,18,19). The van der Waals surface area contributed by atoms with Crippen LogP contribution >= 0.6 is 23.2 Å². The molecule has 5 heteroatoms. The molecule has 0 aliphatic rings. The van der Waals surface area contributed by atoms with E-state index in [9.17, 15) is 0 Å². The van der Waals surface area contributed by atoms with Gasteiger partial charge in [-0.15, -0.1) is 0 Å². The molecule has 0 unspecified atom stereocenters. The van der Waals surface area contributed by atoms with Gasteiger partial charge in [0.1, 0.15) is 11.6 Å². The van der Waals surface area contributed by atoms with Crippen molar-refractivity contribution in [3.05, 3.63) is 46.4 Å². The highest BCUT2D eigenvalue weighted by Gasteiger charge is 2.11. The van der Waals surface area contributed by atoms with Crippen LogP contribution in [0.4, 0.5) is 5.82 Å². The van der Waals surface area contributed by atoms with Crippen molar-refractivity contribution in [1.29, 1.82) is 0 Å². The molecule has 20 heavy (non-hydrogen) atoms. The van der Waals surface area contributed by atoms with Crippen LogP contribution in [0.2, 0.25) is 10.0 Å². The molecule has 0 spiro atoms. The Morgan fingerprint density at radius 2 is 1.85 bits per heavy atom. The smallest absolute Gasteiger partial charge is 0.221 e. The normalized spacial score (nSPS) is 11.2. The molecule has 0 saturated carbocycles. The number of rotatable bonds is 3. The molecular weight excluding hydrogens is 295 g/mol. The Morgan fingerprint density at radius 1 is 1.10 bits per heavy atom. The number of ether oxygens (including phenoxy) is 1. The van der Waals surface area contributed by atoms with Gasteiger partial charge in [0, 0.05) is 22.7 Å². The van der Waals surface area contributed by atoms with E-state index in [-0.39, 0.29) is 5.54 Å². The van der Waals surface area contributed by atoms with Gasteiger partial charge in [-0.1, -0.05) is 29.3 Å². The van der Waals surface area contributed by atoms with Crippen molar-refractivity contribution < 1.29 is 4.74 Å². The molecule has 2 rings (SSSR count). The fourth-order valence-corrected chi connectivity index (χ4v) is 1.91. The topological polar surface area (TPSA) is 34.1 Å². The van der Waals surface area contributed by atoms with Gasteiger partial charge < -0.3 is 10.1 Å². The Kier molecular flexibility index (Phi) is 4.41. The van der Waals surface area contributed by atoms with Crippen LogP contribution in [0.5, 0.6) is 11.6 Å². The zero-order valence-corrected chi connectivity index (χ0v) is 13.1. The Labute approximate surface area is 128 Å². The fourth-order valence-electron chi connectivity index (χ4n) is 1.59. The highest BCUT2D eigenvalue weighted by Crippen LogP contribution is 2.31. The average Bonchev–Trinajstić information content (AvgIpc) is 2.32. The molecule has 0 fully saturated rings. The van der Waals surface area contributed by atoms with Gasteiger partial charge in [0.15, 0.2) is 0 Å². The first kappa shape index (κ1) is 14.9.